The van der Waals surface area contributed by atoms with E-state index in [2.05, 4.69) is 5.16 Å². The Bertz CT molecular complexity index is 149. The van der Waals surface area contributed by atoms with E-state index < -0.39 is 0 Å². The predicted molar refractivity (Wildman–Crippen MR) is 42.4 cm³/mol. The zero-order valence-electron chi connectivity index (χ0n) is 5.43. The number of nitrogens with zero attached hydrogens (tertiary/aromatic N) is 1. The number of halogens is 2. The number of hydrogen-bond acceptors (Lipinski definition) is 2. The zero-order chi connectivity index (χ0) is 7.56. The summed E-state index contributed by atoms with van der Waals surface area (Å²) in [7, 11) is 0. The Morgan fingerprint density at radius 3 is 2.70 bits per heavy atom. The molecular weight excluding hydrogens is 173 g/mol. The van der Waals surface area contributed by atoms with E-state index in [0.29, 0.717) is 5.71 Å². The van der Waals surface area contributed by atoms with Crippen molar-refractivity contribution < 1.29 is 5.21 Å². The molecule has 2 nitrogen and oxygen atoms in total. The molecular formula is C6H9Cl2NO. The molecule has 0 aromatic rings. The Labute approximate surface area is 69.8 Å². The minimum absolute atomic E-state index is 0.0682. The maximum Gasteiger partial charge on any atom is 0.0914 e. The molecule has 0 amide bonds. The molecule has 0 aromatic carbocycles. The van der Waals surface area contributed by atoms with Crippen LogP contribution in [0.2, 0.25) is 0 Å². The average molecular weight is 182 g/mol. The van der Waals surface area contributed by atoms with E-state index in [4.69, 9.17) is 28.4 Å². The van der Waals surface area contributed by atoms with E-state index in [1.807, 2.05) is 0 Å². The van der Waals surface area contributed by atoms with Crippen LogP contribution in [0.1, 0.15) is 19.3 Å². The van der Waals surface area contributed by atoms with Crippen molar-refractivity contribution in [3.05, 3.63) is 0 Å². The van der Waals surface area contributed by atoms with Crippen molar-refractivity contribution in [1.82, 2.24) is 0 Å². The number of hydrogen-bond donors (Lipinski definition) is 1. The fourth-order valence-electron chi connectivity index (χ4n) is 1.08. The Balaban J connectivity index is 2.60. The first-order chi connectivity index (χ1) is 4.75. The normalized spacial score (nSPS) is 38.4. The highest BCUT2D eigenvalue weighted by Crippen LogP contribution is 2.25. The van der Waals surface area contributed by atoms with Gasteiger partial charge in [0.25, 0.3) is 0 Å². The van der Waals surface area contributed by atoms with Gasteiger partial charge < -0.3 is 5.21 Å². The first-order valence-electron chi connectivity index (χ1n) is 3.24. The zero-order valence-corrected chi connectivity index (χ0v) is 6.94. The lowest BCUT2D eigenvalue weighted by Crippen LogP contribution is -2.29. The highest BCUT2D eigenvalue weighted by Gasteiger charge is 2.26. The van der Waals surface area contributed by atoms with Gasteiger partial charge in [0, 0.05) is 0 Å². The number of oxime groups is 1. The largest absolute Gasteiger partial charge is 0.411 e. The van der Waals surface area contributed by atoms with Gasteiger partial charge in [-0.2, -0.15) is 0 Å². The quantitative estimate of drug-likeness (QED) is 0.347. The summed E-state index contributed by atoms with van der Waals surface area (Å²) in [5.74, 6) is 0. The van der Waals surface area contributed by atoms with Crippen LogP contribution in [0.25, 0.3) is 0 Å². The van der Waals surface area contributed by atoms with E-state index in [1.54, 1.807) is 0 Å². The summed E-state index contributed by atoms with van der Waals surface area (Å²) < 4.78 is 0. The molecule has 1 saturated carbocycles. The second-order valence-electron chi connectivity index (χ2n) is 2.40. The number of rotatable bonds is 0. The molecule has 1 N–H and O–H groups in total. The Hall–Kier alpha value is 0.0500. The molecule has 0 aliphatic heterocycles. The van der Waals surface area contributed by atoms with Crippen LogP contribution < -0.4 is 0 Å². The lowest BCUT2D eigenvalue weighted by atomic mass is 9.98. The molecule has 0 heterocycles. The lowest BCUT2D eigenvalue weighted by Gasteiger charge is -2.21. The molecule has 2 atom stereocenters. The van der Waals surface area contributed by atoms with E-state index in [-0.39, 0.29) is 10.8 Å². The molecule has 0 bridgehead atoms. The van der Waals surface area contributed by atoms with Gasteiger partial charge in [0.05, 0.1) is 16.5 Å². The van der Waals surface area contributed by atoms with Crippen LogP contribution in [0.3, 0.4) is 0 Å². The van der Waals surface area contributed by atoms with Gasteiger partial charge in [-0.1, -0.05) is 5.16 Å². The third-order valence-corrected chi connectivity index (χ3v) is 2.83. The summed E-state index contributed by atoms with van der Waals surface area (Å²) >= 11 is 11.6. The van der Waals surface area contributed by atoms with Gasteiger partial charge in [-0.15, -0.1) is 23.2 Å². The minimum Gasteiger partial charge on any atom is -0.411 e. The topological polar surface area (TPSA) is 32.6 Å². The highest BCUT2D eigenvalue weighted by atomic mass is 35.5. The second-order valence-corrected chi connectivity index (χ2v) is 3.43. The van der Waals surface area contributed by atoms with Crippen LogP contribution >= 0.6 is 23.2 Å². The van der Waals surface area contributed by atoms with E-state index in [1.165, 1.54) is 0 Å². The van der Waals surface area contributed by atoms with Crippen LogP contribution in [-0.2, 0) is 0 Å². The molecule has 0 saturated heterocycles. The fourth-order valence-corrected chi connectivity index (χ4v) is 1.65. The molecule has 58 valence electrons. The van der Waals surface area contributed by atoms with E-state index in [9.17, 15) is 0 Å². The Morgan fingerprint density at radius 1 is 1.50 bits per heavy atom. The maximum atomic E-state index is 8.42. The predicted octanol–water partition coefficient (Wildman–Crippen LogP) is 2.22. The molecule has 0 spiro atoms. The van der Waals surface area contributed by atoms with Crippen LogP contribution in [0, 0.1) is 0 Å². The third-order valence-electron chi connectivity index (χ3n) is 1.68. The van der Waals surface area contributed by atoms with Gasteiger partial charge in [0.15, 0.2) is 0 Å². The maximum absolute atomic E-state index is 8.42. The molecule has 0 aromatic heterocycles. The van der Waals surface area contributed by atoms with Gasteiger partial charge in [0.2, 0.25) is 0 Å². The minimum atomic E-state index is -0.277. The monoisotopic (exact) mass is 181 g/mol. The van der Waals surface area contributed by atoms with Crippen molar-refractivity contribution in [2.75, 3.05) is 0 Å². The van der Waals surface area contributed by atoms with E-state index in [0.717, 1.165) is 19.3 Å². The third kappa shape index (κ3) is 1.55. The van der Waals surface area contributed by atoms with Crippen molar-refractivity contribution in [1.29, 1.82) is 0 Å². The SMILES string of the molecule is ON=C1CCCC(Cl)C1Cl. The molecule has 2 unspecified atom stereocenters. The summed E-state index contributed by atoms with van der Waals surface area (Å²) in [6.45, 7) is 0. The van der Waals surface area contributed by atoms with Crippen LogP contribution in [0.5, 0.6) is 0 Å². The number of alkyl halides is 2. The molecule has 0 radical (unpaired) electrons. The standard InChI is InChI=1S/C6H9Cl2NO/c7-4-2-1-3-5(9-10)6(4)8/h4,6,10H,1-3H2. The van der Waals surface area contributed by atoms with Gasteiger partial charge in [-0.05, 0) is 19.3 Å². The Kier molecular flexibility index (Phi) is 2.81. The Morgan fingerprint density at radius 2 is 2.20 bits per heavy atom. The van der Waals surface area contributed by atoms with Gasteiger partial charge in [0.1, 0.15) is 0 Å². The first kappa shape index (κ1) is 8.15. The fraction of sp³-hybridized carbons (Fsp3) is 0.833. The van der Waals surface area contributed by atoms with Crippen molar-refractivity contribution in [3.63, 3.8) is 0 Å². The smallest absolute Gasteiger partial charge is 0.0914 e. The summed E-state index contributed by atoms with van der Waals surface area (Å²) in [5, 5.41) is 11.2. The van der Waals surface area contributed by atoms with Gasteiger partial charge >= 0.3 is 0 Å². The average Bonchev–Trinajstić information content (AvgIpc) is 1.95. The van der Waals surface area contributed by atoms with Crippen LogP contribution in [0.15, 0.2) is 5.16 Å². The van der Waals surface area contributed by atoms with Gasteiger partial charge in [-0.25, -0.2) is 0 Å². The lowest BCUT2D eigenvalue weighted by molar-refractivity contribution is 0.314. The van der Waals surface area contributed by atoms with E-state index >= 15 is 0 Å². The first-order valence-corrected chi connectivity index (χ1v) is 4.12. The molecule has 4 heteroatoms. The van der Waals surface area contributed by atoms with Crippen molar-refractivity contribution in [2.45, 2.75) is 30.0 Å². The second kappa shape index (κ2) is 3.44. The van der Waals surface area contributed by atoms with Crippen molar-refractivity contribution in [3.8, 4) is 0 Å². The molecule has 1 rings (SSSR count). The van der Waals surface area contributed by atoms with Crippen molar-refractivity contribution in [2.24, 2.45) is 5.16 Å². The summed E-state index contributed by atoms with van der Waals surface area (Å²) in [6.07, 6.45) is 2.65. The molecule has 1 aliphatic carbocycles. The highest BCUT2D eigenvalue weighted by molar-refractivity contribution is 6.38. The van der Waals surface area contributed by atoms with Crippen LogP contribution in [0.4, 0.5) is 0 Å². The van der Waals surface area contributed by atoms with Crippen LogP contribution in [-0.4, -0.2) is 21.7 Å². The summed E-state index contributed by atoms with van der Waals surface area (Å²) in [6, 6.07) is 0. The van der Waals surface area contributed by atoms with Gasteiger partial charge in [-0.3, -0.25) is 0 Å². The molecule has 10 heavy (non-hydrogen) atoms. The van der Waals surface area contributed by atoms with Crippen molar-refractivity contribution >= 4 is 28.9 Å². The summed E-state index contributed by atoms with van der Waals surface area (Å²) in [4.78, 5) is 0. The molecule has 1 aliphatic rings. The summed E-state index contributed by atoms with van der Waals surface area (Å²) in [5.41, 5.74) is 0.618. The molecule has 1 fully saturated rings.